The number of hydrogen-bond donors (Lipinski definition) is 1. The van der Waals surface area contributed by atoms with Crippen molar-refractivity contribution in [3.8, 4) is 0 Å². The van der Waals surface area contributed by atoms with E-state index in [0.717, 1.165) is 29.7 Å². The Hall–Kier alpha value is -1.64. The summed E-state index contributed by atoms with van der Waals surface area (Å²) in [5.74, 6) is -1.01. The predicted octanol–water partition coefficient (Wildman–Crippen LogP) is 2.34. The number of para-hydroxylation sites is 1. The maximum Gasteiger partial charge on any atom is 0.291 e. The second kappa shape index (κ2) is 5.45. The topological polar surface area (TPSA) is 46.2 Å². The average Bonchev–Trinajstić information content (AvgIpc) is 2.29. The van der Waals surface area contributed by atoms with Crippen molar-refractivity contribution in [2.24, 2.45) is 0 Å². The number of aryl methyl sites for hydroxylation is 2. The molecule has 0 heterocycles. The molecular weight excluding hydrogens is 202 g/mol. The largest absolute Gasteiger partial charge is 0.319 e. The van der Waals surface area contributed by atoms with Gasteiger partial charge in [-0.25, -0.2) is 0 Å². The molecule has 0 aromatic heterocycles. The zero-order valence-electron chi connectivity index (χ0n) is 9.96. The lowest BCUT2D eigenvalue weighted by Crippen LogP contribution is -2.21. The summed E-state index contributed by atoms with van der Waals surface area (Å²) in [6, 6.07) is 5.91. The van der Waals surface area contributed by atoms with Gasteiger partial charge in [-0.15, -0.1) is 0 Å². The summed E-state index contributed by atoms with van der Waals surface area (Å²) in [6.07, 6.45) is 1.67. The smallest absolute Gasteiger partial charge is 0.291 e. The fourth-order valence-electron chi connectivity index (χ4n) is 1.60. The Balaban J connectivity index is 3.09. The van der Waals surface area contributed by atoms with E-state index >= 15 is 0 Å². The predicted molar refractivity (Wildman–Crippen MR) is 64.5 cm³/mol. The molecule has 0 saturated heterocycles. The Labute approximate surface area is 95.9 Å². The van der Waals surface area contributed by atoms with Crippen molar-refractivity contribution >= 4 is 17.4 Å². The van der Waals surface area contributed by atoms with Gasteiger partial charge < -0.3 is 5.32 Å². The summed E-state index contributed by atoms with van der Waals surface area (Å²) in [6.45, 7) is 5.33. The van der Waals surface area contributed by atoms with Gasteiger partial charge in [-0.3, -0.25) is 9.59 Å². The number of amides is 1. The molecule has 0 saturated carbocycles. The van der Waals surface area contributed by atoms with Crippen molar-refractivity contribution in [1.29, 1.82) is 0 Å². The van der Waals surface area contributed by atoms with E-state index in [9.17, 15) is 9.59 Å². The Morgan fingerprint density at radius 3 is 2.00 bits per heavy atom. The van der Waals surface area contributed by atoms with Crippen molar-refractivity contribution in [2.75, 3.05) is 5.32 Å². The third kappa shape index (κ3) is 2.69. The van der Waals surface area contributed by atoms with Gasteiger partial charge in [0.1, 0.15) is 0 Å². The van der Waals surface area contributed by atoms with Gasteiger partial charge in [0.25, 0.3) is 5.91 Å². The molecule has 16 heavy (non-hydrogen) atoms. The summed E-state index contributed by atoms with van der Waals surface area (Å²) in [5.41, 5.74) is 2.93. The maximum absolute atomic E-state index is 11.4. The van der Waals surface area contributed by atoms with Gasteiger partial charge in [0, 0.05) is 12.6 Å². The number of Topliss-reactive ketones (excluding diaryl/α,β-unsaturated/α-hetero) is 1. The highest BCUT2D eigenvalue weighted by atomic mass is 16.2. The fourth-order valence-corrected chi connectivity index (χ4v) is 1.60. The van der Waals surface area contributed by atoms with Gasteiger partial charge in [0.05, 0.1) is 0 Å². The monoisotopic (exact) mass is 219 g/mol. The van der Waals surface area contributed by atoms with E-state index < -0.39 is 11.7 Å². The zero-order valence-corrected chi connectivity index (χ0v) is 9.96. The summed E-state index contributed by atoms with van der Waals surface area (Å²) >= 11 is 0. The van der Waals surface area contributed by atoms with Gasteiger partial charge in [-0.1, -0.05) is 32.0 Å². The van der Waals surface area contributed by atoms with E-state index in [1.54, 1.807) is 0 Å². The van der Waals surface area contributed by atoms with Gasteiger partial charge in [0.15, 0.2) is 0 Å². The summed E-state index contributed by atoms with van der Waals surface area (Å²) in [5, 5.41) is 2.69. The molecule has 1 rings (SSSR count). The summed E-state index contributed by atoms with van der Waals surface area (Å²) in [4.78, 5) is 22.3. The molecule has 1 N–H and O–H groups in total. The highest BCUT2D eigenvalue weighted by molar-refractivity contribution is 6.39. The van der Waals surface area contributed by atoms with Crippen LogP contribution in [0.1, 0.15) is 31.9 Å². The molecule has 0 radical (unpaired) electrons. The van der Waals surface area contributed by atoms with Crippen LogP contribution in [-0.2, 0) is 22.4 Å². The first kappa shape index (κ1) is 12.4. The standard InChI is InChI=1S/C13H17NO2/c1-4-10-7-6-8-11(5-2)12(10)14-13(16)9(3)15/h6-8H,4-5H2,1-3H3,(H,14,16). The van der Waals surface area contributed by atoms with E-state index in [2.05, 4.69) is 5.32 Å². The Morgan fingerprint density at radius 1 is 1.12 bits per heavy atom. The zero-order chi connectivity index (χ0) is 12.1. The van der Waals surface area contributed by atoms with Crippen LogP contribution < -0.4 is 5.32 Å². The quantitative estimate of drug-likeness (QED) is 0.790. The van der Waals surface area contributed by atoms with Gasteiger partial charge in [-0.2, -0.15) is 0 Å². The van der Waals surface area contributed by atoms with Crippen molar-refractivity contribution in [1.82, 2.24) is 0 Å². The molecule has 0 atom stereocenters. The molecule has 0 aliphatic rings. The first-order valence-corrected chi connectivity index (χ1v) is 5.52. The van der Waals surface area contributed by atoms with Crippen LogP contribution in [0.5, 0.6) is 0 Å². The van der Waals surface area contributed by atoms with Crippen molar-refractivity contribution in [3.05, 3.63) is 29.3 Å². The third-order valence-corrected chi connectivity index (χ3v) is 2.56. The molecular formula is C13H17NO2. The number of anilines is 1. The highest BCUT2D eigenvalue weighted by Gasteiger charge is 2.12. The fraction of sp³-hybridized carbons (Fsp3) is 0.385. The summed E-state index contributed by atoms with van der Waals surface area (Å²) < 4.78 is 0. The van der Waals surface area contributed by atoms with Crippen molar-refractivity contribution < 1.29 is 9.59 Å². The number of benzene rings is 1. The van der Waals surface area contributed by atoms with Crippen LogP contribution in [0.4, 0.5) is 5.69 Å². The van der Waals surface area contributed by atoms with Gasteiger partial charge in [0.2, 0.25) is 5.78 Å². The van der Waals surface area contributed by atoms with Crippen LogP contribution in [-0.4, -0.2) is 11.7 Å². The van der Waals surface area contributed by atoms with Crippen LogP contribution in [0.15, 0.2) is 18.2 Å². The van der Waals surface area contributed by atoms with Gasteiger partial charge >= 0.3 is 0 Å². The Kier molecular flexibility index (Phi) is 4.23. The summed E-state index contributed by atoms with van der Waals surface area (Å²) in [7, 11) is 0. The number of carbonyl (C=O) groups is 2. The number of ketones is 1. The first-order valence-electron chi connectivity index (χ1n) is 5.52. The molecule has 0 bridgehead atoms. The SMILES string of the molecule is CCc1cccc(CC)c1NC(=O)C(C)=O. The molecule has 0 aliphatic carbocycles. The number of rotatable bonds is 4. The van der Waals surface area contributed by atoms with Gasteiger partial charge in [-0.05, 0) is 24.0 Å². The lowest BCUT2D eigenvalue weighted by atomic mass is 10.0. The first-order chi connectivity index (χ1) is 7.60. The van der Waals surface area contributed by atoms with Crippen LogP contribution in [0.2, 0.25) is 0 Å². The van der Waals surface area contributed by atoms with Crippen LogP contribution in [0.3, 0.4) is 0 Å². The van der Waals surface area contributed by atoms with E-state index in [-0.39, 0.29) is 0 Å². The Bertz CT molecular complexity index is 388. The van der Waals surface area contributed by atoms with Crippen molar-refractivity contribution in [2.45, 2.75) is 33.6 Å². The highest BCUT2D eigenvalue weighted by Crippen LogP contribution is 2.22. The maximum atomic E-state index is 11.4. The van der Waals surface area contributed by atoms with E-state index in [1.165, 1.54) is 6.92 Å². The normalized spacial score (nSPS) is 9.94. The molecule has 1 amide bonds. The lowest BCUT2D eigenvalue weighted by molar-refractivity contribution is -0.133. The molecule has 1 aromatic rings. The Morgan fingerprint density at radius 2 is 1.62 bits per heavy atom. The minimum atomic E-state index is -0.546. The van der Waals surface area contributed by atoms with E-state index in [1.807, 2.05) is 32.0 Å². The van der Waals surface area contributed by atoms with Crippen LogP contribution in [0.25, 0.3) is 0 Å². The molecule has 0 fully saturated rings. The minimum Gasteiger partial charge on any atom is -0.319 e. The molecule has 1 aromatic carbocycles. The molecule has 3 heteroatoms. The van der Waals surface area contributed by atoms with E-state index in [4.69, 9.17) is 0 Å². The average molecular weight is 219 g/mol. The molecule has 0 unspecified atom stereocenters. The second-order valence-corrected chi connectivity index (χ2v) is 3.67. The molecule has 0 aliphatic heterocycles. The number of nitrogens with one attached hydrogen (secondary N) is 1. The van der Waals surface area contributed by atoms with E-state index in [0.29, 0.717) is 0 Å². The van der Waals surface area contributed by atoms with Crippen LogP contribution >= 0.6 is 0 Å². The third-order valence-electron chi connectivity index (χ3n) is 2.56. The minimum absolute atomic E-state index is 0.465. The van der Waals surface area contributed by atoms with Crippen molar-refractivity contribution in [3.63, 3.8) is 0 Å². The lowest BCUT2D eigenvalue weighted by Gasteiger charge is -2.13. The molecule has 3 nitrogen and oxygen atoms in total. The molecule has 0 spiro atoms. The van der Waals surface area contributed by atoms with Crippen LogP contribution in [0, 0.1) is 0 Å². The molecule has 86 valence electrons. The second-order valence-electron chi connectivity index (χ2n) is 3.67. The number of hydrogen-bond acceptors (Lipinski definition) is 2. The number of carbonyl (C=O) groups excluding carboxylic acids is 2.